The Morgan fingerprint density at radius 3 is 2.82 bits per heavy atom. The third-order valence-corrected chi connectivity index (χ3v) is 3.66. The Morgan fingerprint density at radius 2 is 2.14 bits per heavy atom. The highest BCUT2D eigenvalue weighted by Gasteiger charge is 2.15. The molecule has 0 aromatic heterocycles. The van der Waals surface area contributed by atoms with Gasteiger partial charge in [-0.25, -0.2) is 0 Å². The molecular weight excluding hydrogens is 278 g/mol. The molecule has 2 rings (SSSR count). The smallest absolute Gasteiger partial charge is 0.191 e. The summed E-state index contributed by atoms with van der Waals surface area (Å²) in [6.07, 6.45) is 2.27. The van der Waals surface area contributed by atoms with Crippen molar-refractivity contribution in [3.8, 4) is 0 Å². The number of nitrogens with zero attached hydrogens (tertiary/aromatic N) is 1. The lowest BCUT2D eigenvalue weighted by Crippen LogP contribution is -2.37. The summed E-state index contributed by atoms with van der Waals surface area (Å²) in [6.45, 7) is 6.05. The minimum atomic E-state index is 0.291. The van der Waals surface area contributed by atoms with Crippen LogP contribution in [0.5, 0.6) is 0 Å². The van der Waals surface area contributed by atoms with E-state index in [2.05, 4.69) is 46.8 Å². The van der Waals surface area contributed by atoms with Gasteiger partial charge in [-0.05, 0) is 25.3 Å². The number of nitrogens with one attached hydrogen (secondary N) is 2. The minimum Gasteiger partial charge on any atom is -0.379 e. The van der Waals surface area contributed by atoms with Gasteiger partial charge in [-0.1, -0.05) is 29.8 Å². The van der Waals surface area contributed by atoms with Gasteiger partial charge in [-0.2, -0.15) is 0 Å². The van der Waals surface area contributed by atoms with Crippen molar-refractivity contribution < 1.29 is 9.47 Å². The second-order valence-corrected chi connectivity index (χ2v) is 5.55. The van der Waals surface area contributed by atoms with Crippen molar-refractivity contribution in [1.29, 1.82) is 0 Å². The van der Waals surface area contributed by atoms with Crippen LogP contribution in [0.15, 0.2) is 29.3 Å². The summed E-state index contributed by atoms with van der Waals surface area (Å²) in [5, 5.41) is 6.62. The van der Waals surface area contributed by atoms with Gasteiger partial charge in [0.15, 0.2) is 5.96 Å². The van der Waals surface area contributed by atoms with Crippen molar-refractivity contribution >= 4 is 5.96 Å². The number of aliphatic imine (C=N–C) groups is 1. The Labute approximate surface area is 133 Å². The van der Waals surface area contributed by atoms with Crippen LogP contribution in [0, 0.1) is 6.92 Å². The minimum absolute atomic E-state index is 0.291. The summed E-state index contributed by atoms with van der Waals surface area (Å²) in [4.78, 5) is 4.23. The van der Waals surface area contributed by atoms with Crippen LogP contribution in [0.4, 0.5) is 0 Å². The maximum absolute atomic E-state index is 5.73. The Kier molecular flexibility index (Phi) is 7.19. The molecule has 1 unspecified atom stereocenters. The molecule has 1 saturated heterocycles. The quantitative estimate of drug-likeness (QED) is 0.459. The maximum Gasteiger partial charge on any atom is 0.191 e. The monoisotopic (exact) mass is 305 g/mol. The van der Waals surface area contributed by atoms with Crippen molar-refractivity contribution in [2.24, 2.45) is 4.99 Å². The Balaban J connectivity index is 1.57. The van der Waals surface area contributed by atoms with Crippen LogP contribution < -0.4 is 10.6 Å². The summed E-state index contributed by atoms with van der Waals surface area (Å²) >= 11 is 0. The summed E-state index contributed by atoms with van der Waals surface area (Å²) in [7, 11) is 1.79. The molecule has 2 N–H and O–H groups in total. The highest BCUT2D eigenvalue weighted by molar-refractivity contribution is 5.79. The molecule has 0 saturated carbocycles. The first-order valence-electron chi connectivity index (χ1n) is 7.97. The molecule has 0 amide bonds. The Bertz CT molecular complexity index is 453. The largest absolute Gasteiger partial charge is 0.379 e. The maximum atomic E-state index is 5.73. The first-order valence-corrected chi connectivity index (χ1v) is 7.97. The third kappa shape index (κ3) is 6.03. The molecule has 0 aliphatic carbocycles. The van der Waals surface area contributed by atoms with Gasteiger partial charge in [0.1, 0.15) is 0 Å². The van der Waals surface area contributed by atoms with Crippen LogP contribution in [-0.2, 0) is 16.0 Å². The summed E-state index contributed by atoms with van der Waals surface area (Å²) < 4.78 is 11.0. The highest BCUT2D eigenvalue weighted by Crippen LogP contribution is 2.07. The molecule has 5 heteroatoms. The number of aryl methyl sites for hydroxylation is 1. The first-order chi connectivity index (χ1) is 10.8. The van der Waals surface area contributed by atoms with Gasteiger partial charge in [0.2, 0.25) is 0 Å². The molecule has 1 fully saturated rings. The molecule has 1 heterocycles. The Hall–Kier alpha value is -1.59. The topological polar surface area (TPSA) is 54.9 Å². The van der Waals surface area contributed by atoms with Gasteiger partial charge >= 0.3 is 0 Å². The SMILES string of the molecule is CN=C(NCCCOC1CCOC1)NCc1ccc(C)cc1. The van der Waals surface area contributed by atoms with Gasteiger partial charge in [0.25, 0.3) is 0 Å². The lowest BCUT2D eigenvalue weighted by Gasteiger charge is -2.13. The van der Waals surface area contributed by atoms with Gasteiger partial charge < -0.3 is 20.1 Å². The normalized spacial score (nSPS) is 18.5. The van der Waals surface area contributed by atoms with Crippen molar-refractivity contribution in [1.82, 2.24) is 10.6 Å². The molecule has 1 aromatic carbocycles. The van der Waals surface area contributed by atoms with E-state index in [0.717, 1.165) is 51.7 Å². The van der Waals surface area contributed by atoms with E-state index in [9.17, 15) is 0 Å². The highest BCUT2D eigenvalue weighted by atomic mass is 16.5. The van der Waals surface area contributed by atoms with Crippen molar-refractivity contribution in [3.63, 3.8) is 0 Å². The van der Waals surface area contributed by atoms with Crippen LogP contribution in [0.2, 0.25) is 0 Å². The fourth-order valence-electron chi connectivity index (χ4n) is 2.29. The number of guanidine groups is 1. The van der Waals surface area contributed by atoms with E-state index in [0.29, 0.717) is 6.10 Å². The van der Waals surface area contributed by atoms with Gasteiger partial charge in [-0.3, -0.25) is 4.99 Å². The van der Waals surface area contributed by atoms with Crippen LogP contribution in [0.3, 0.4) is 0 Å². The predicted molar refractivity (Wildman–Crippen MR) is 89.2 cm³/mol. The third-order valence-electron chi connectivity index (χ3n) is 3.66. The van der Waals surface area contributed by atoms with Crippen molar-refractivity contribution in [2.45, 2.75) is 32.4 Å². The van der Waals surface area contributed by atoms with Gasteiger partial charge in [-0.15, -0.1) is 0 Å². The molecule has 1 aliphatic rings. The second kappa shape index (κ2) is 9.43. The molecule has 1 atom stereocenters. The van der Waals surface area contributed by atoms with E-state index in [1.54, 1.807) is 7.05 Å². The predicted octanol–water partition coefficient (Wildman–Crippen LogP) is 1.86. The molecule has 0 radical (unpaired) electrons. The number of hydrogen-bond acceptors (Lipinski definition) is 3. The zero-order valence-corrected chi connectivity index (χ0v) is 13.6. The molecule has 5 nitrogen and oxygen atoms in total. The van der Waals surface area contributed by atoms with Gasteiger partial charge in [0.05, 0.1) is 12.7 Å². The summed E-state index contributed by atoms with van der Waals surface area (Å²) in [5.74, 6) is 0.824. The molecule has 0 spiro atoms. The molecule has 0 bridgehead atoms. The number of hydrogen-bond donors (Lipinski definition) is 2. The number of benzene rings is 1. The van der Waals surface area contributed by atoms with E-state index < -0.39 is 0 Å². The summed E-state index contributed by atoms with van der Waals surface area (Å²) in [5.41, 5.74) is 2.53. The lowest BCUT2D eigenvalue weighted by atomic mass is 10.1. The average Bonchev–Trinajstić information content (AvgIpc) is 3.05. The van der Waals surface area contributed by atoms with E-state index in [4.69, 9.17) is 9.47 Å². The zero-order chi connectivity index (χ0) is 15.6. The number of ether oxygens (including phenoxy) is 2. The fourth-order valence-corrected chi connectivity index (χ4v) is 2.29. The van der Waals surface area contributed by atoms with Crippen LogP contribution in [0.25, 0.3) is 0 Å². The average molecular weight is 305 g/mol. The molecule has 1 aromatic rings. The molecular formula is C17H27N3O2. The lowest BCUT2D eigenvalue weighted by molar-refractivity contribution is 0.0420. The van der Waals surface area contributed by atoms with E-state index in [1.165, 1.54) is 11.1 Å². The van der Waals surface area contributed by atoms with E-state index in [-0.39, 0.29) is 0 Å². The molecule has 22 heavy (non-hydrogen) atoms. The van der Waals surface area contributed by atoms with Crippen molar-refractivity contribution in [3.05, 3.63) is 35.4 Å². The zero-order valence-electron chi connectivity index (χ0n) is 13.6. The molecule has 1 aliphatic heterocycles. The van der Waals surface area contributed by atoms with Gasteiger partial charge in [0, 0.05) is 33.4 Å². The Morgan fingerprint density at radius 1 is 1.32 bits per heavy atom. The summed E-state index contributed by atoms with van der Waals surface area (Å²) in [6, 6.07) is 8.51. The van der Waals surface area contributed by atoms with Crippen LogP contribution in [0.1, 0.15) is 24.0 Å². The molecule has 122 valence electrons. The van der Waals surface area contributed by atoms with Crippen molar-refractivity contribution in [2.75, 3.05) is 33.4 Å². The standard InChI is InChI=1S/C17H27N3O2/c1-14-4-6-15(7-5-14)12-20-17(18-2)19-9-3-10-22-16-8-11-21-13-16/h4-7,16H,3,8-13H2,1-2H3,(H2,18,19,20). The fraction of sp³-hybridized carbons (Fsp3) is 0.588. The number of rotatable bonds is 7. The first kappa shape index (κ1) is 16.8. The van der Waals surface area contributed by atoms with E-state index >= 15 is 0 Å². The van der Waals surface area contributed by atoms with Crippen LogP contribution >= 0.6 is 0 Å². The van der Waals surface area contributed by atoms with Crippen LogP contribution in [-0.4, -0.2) is 45.5 Å². The van der Waals surface area contributed by atoms with E-state index in [1.807, 2.05) is 0 Å². The second-order valence-electron chi connectivity index (χ2n) is 5.55.